The Balaban J connectivity index is 2.31. The molecule has 1 aromatic heterocycles. The van der Waals surface area contributed by atoms with Crippen molar-refractivity contribution in [2.45, 2.75) is 4.21 Å². The lowest BCUT2D eigenvalue weighted by atomic mass is 10.3. The van der Waals surface area contributed by atoms with Gasteiger partial charge in [0.25, 0.3) is 10.0 Å². The average molecular weight is 378 g/mol. The van der Waals surface area contributed by atoms with E-state index in [1.165, 1.54) is 12.1 Å². The van der Waals surface area contributed by atoms with E-state index in [0.717, 1.165) is 11.3 Å². The van der Waals surface area contributed by atoms with Gasteiger partial charge in [0.1, 0.15) is 15.2 Å². The third-order valence-electron chi connectivity index (χ3n) is 2.13. The number of nitriles is 1. The summed E-state index contributed by atoms with van der Waals surface area (Å²) in [6.45, 7) is 0. The Kier molecular flexibility index (Phi) is 4.16. The van der Waals surface area contributed by atoms with Gasteiger partial charge < -0.3 is 0 Å². The molecule has 1 N–H and O–H groups in total. The molecule has 1 heterocycles. The van der Waals surface area contributed by atoms with Gasteiger partial charge in [-0.3, -0.25) is 4.72 Å². The minimum Gasteiger partial charge on any atom is -0.279 e. The maximum atomic E-state index is 12.1. The molecule has 0 atom stereocenters. The van der Waals surface area contributed by atoms with E-state index in [-0.39, 0.29) is 4.21 Å². The number of anilines is 1. The van der Waals surface area contributed by atoms with Crippen LogP contribution in [-0.2, 0) is 10.0 Å². The van der Waals surface area contributed by atoms with E-state index in [1.807, 2.05) is 6.07 Å². The number of rotatable bonds is 3. The van der Waals surface area contributed by atoms with Crippen LogP contribution in [0, 0.1) is 11.3 Å². The number of hydrogen-bond donors (Lipinski definition) is 1. The molecule has 0 radical (unpaired) electrons. The molecule has 1 aromatic carbocycles. The summed E-state index contributed by atoms with van der Waals surface area (Å²) in [7, 11) is -3.68. The Morgan fingerprint density at radius 3 is 2.63 bits per heavy atom. The summed E-state index contributed by atoms with van der Waals surface area (Å²) in [6, 6.07) is 9.48. The molecule has 19 heavy (non-hydrogen) atoms. The van der Waals surface area contributed by atoms with E-state index in [9.17, 15) is 8.42 Å². The smallest absolute Gasteiger partial charge is 0.271 e. The third-order valence-corrected chi connectivity index (χ3v) is 6.21. The minimum atomic E-state index is -3.68. The third kappa shape index (κ3) is 3.28. The molecule has 0 saturated carbocycles. The zero-order valence-corrected chi connectivity index (χ0v) is 13.2. The molecule has 0 aliphatic carbocycles. The van der Waals surface area contributed by atoms with Crippen molar-refractivity contribution in [2.75, 3.05) is 4.72 Å². The highest BCUT2D eigenvalue weighted by molar-refractivity contribution is 9.10. The SMILES string of the molecule is N#Cc1ccc(S(=O)(=O)Nc2ccc(Cl)c(Br)c2)s1. The summed E-state index contributed by atoms with van der Waals surface area (Å²) in [5, 5.41) is 9.19. The van der Waals surface area contributed by atoms with Crippen LogP contribution in [0.5, 0.6) is 0 Å². The predicted molar refractivity (Wildman–Crippen MR) is 79.0 cm³/mol. The highest BCUT2D eigenvalue weighted by Crippen LogP contribution is 2.28. The second-order valence-corrected chi connectivity index (χ2v) is 7.72. The molecule has 0 aliphatic heterocycles. The number of thiophene rings is 1. The van der Waals surface area contributed by atoms with Gasteiger partial charge in [0.15, 0.2) is 0 Å². The molecule has 0 saturated heterocycles. The van der Waals surface area contributed by atoms with Crippen LogP contribution in [0.4, 0.5) is 5.69 Å². The molecular formula is C11H6BrClN2O2S2. The van der Waals surface area contributed by atoms with Crippen LogP contribution < -0.4 is 4.72 Å². The molecule has 0 fully saturated rings. The van der Waals surface area contributed by atoms with Crippen LogP contribution >= 0.6 is 38.9 Å². The quantitative estimate of drug-likeness (QED) is 0.883. The maximum absolute atomic E-state index is 12.1. The summed E-state index contributed by atoms with van der Waals surface area (Å²) in [4.78, 5) is 0.345. The molecule has 0 spiro atoms. The zero-order valence-electron chi connectivity index (χ0n) is 9.22. The van der Waals surface area contributed by atoms with Crippen molar-refractivity contribution in [3.63, 3.8) is 0 Å². The van der Waals surface area contributed by atoms with Crippen LogP contribution in [0.1, 0.15) is 4.88 Å². The first kappa shape index (κ1) is 14.3. The lowest BCUT2D eigenvalue weighted by molar-refractivity contribution is 0.603. The average Bonchev–Trinajstić information content (AvgIpc) is 2.83. The van der Waals surface area contributed by atoms with Gasteiger partial charge >= 0.3 is 0 Å². The van der Waals surface area contributed by atoms with Gasteiger partial charge in [0.2, 0.25) is 0 Å². The number of nitrogens with zero attached hydrogens (tertiary/aromatic N) is 1. The van der Waals surface area contributed by atoms with Gasteiger partial charge in [-0.15, -0.1) is 11.3 Å². The predicted octanol–water partition coefficient (Wildman–Crippen LogP) is 3.84. The van der Waals surface area contributed by atoms with Crippen molar-refractivity contribution in [2.24, 2.45) is 0 Å². The second kappa shape index (κ2) is 5.51. The van der Waals surface area contributed by atoms with Gasteiger partial charge in [-0.1, -0.05) is 11.6 Å². The van der Waals surface area contributed by atoms with Gasteiger partial charge in [-0.2, -0.15) is 5.26 Å². The monoisotopic (exact) mass is 376 g/mol. The molecule has 2 rings (SSSR count). The normalized spacial score (nSPS) is 11.0. The van der Waals surface area contributed by atoms with E-state index in [1.54, 1.807) is 18.2 Å². The van der Waals surface area contributed by atoms with Gasteiger partial charge in [0, 0.05) is 4.47 Å². The maximum Gasteiger partial charge on any atom is 0.271 e. The molecule has 0 unspecified atom stereocenters. The largest absolute Gasteiger partial charge is 0.279 e. The van der Waals surface area contributed by atoms with Crippen molar-refractivity contribution in [1.29, 1.82) is 5.26 Å². The number of hydrogen-bond acceptors (Lipinski definition) is 4. The number of nitrogens with one attached hydrogen (secondary N) is 1. The summed E-state index contributed by atoms with van der Waals surface area (Å²) in [5.41, 5.74) is 0.392. The van der Waals surface area contributed by atoms with Crippen LogP contribution in [-0.4, -0.2) is 8.42 Å². The van der Waals surface area contributed by atoms with E-state index < -0.39 is 10.0 Å². The van der Waals surface area contributed by atoms with Crippen molar-refractivity contribution in [1.82, 2.24) is 0 Å². The molecule has 0 bridgehead atoms. The highest BCUT2D eigenvalue weighted by Gasteiger charge is 2.17. The van der Waals surface area contributed by atoms with Crippen LogP contribution in [0.25, 0.3) is 0 Å². The standard InChI is InChI=1S/C11H6BrClN2O2S2/c12-9-5-7(1-3-10(9)13)15-19(16,17)11-4-2-8(6-14)18-11/h1-5,15H. The van der Waals surface area contributed by atoms with Crippen molar-refractivity contribution in [3.8, 4) is 6.07 Å². The number of halogens is 2. The van der Waals surface area contributed by atoms with Crippen molar-refractivity contribution < 1.29 is 8.42 Å². The Labute approximate surface area is 127 Å². The van der Waals surface area contributed by atoms with E-state index in [2.05, 4.69) is 20.7 Å². The fourth-order valence-electron chi connectivity index (χ4n) is 1.29. The van der Waals surface area contributed by atoms with Gasteiger partial charge in [0.05, 0.1) is 10.7 Å². The summed E-state index contributed by atoms with van der Waals surface area (Å²) >= 11 is 9.97. The van der Waals surface area contributed by atoms with E-state index in [0.29, 0.717) is 20.1 Å². The van der Waals surface area contributed by atoms with Crippen LogP contribution in [0.3, 0.4) is 0 Å². The Morgan fingerprint density at radius 2 is 2.05 bits per heavy atom. The number of benzene rings is 1. The lowest BCUT2D eigenvalue weighted by Gasteiger charge is -2.07. The minimum absolute atomic E-state index is 0.0927. The first-order chi connectivity index (χ1) is 8.92. The van der Waals surface area contributed by atoms with Gasteiger partial charge in [-0.05, 0) is 46.3 Å². The number of sulfonamides is 1. The fraction of sp³-hybridized carbons (Fsp3) is 0. The van der Waals surface area contributed by atoms with Crippen molar-refractivity contribution >= 4 is 54.6 Å². The zero-order chi connectivity index (χ0) is 14.0. The summed E-state index contributed by atoms with van der Waals surface area (Å²) < 4.78 is 27.3. The molecule has 98 valence electrons. The molecule has 0 amide bonds. The Hall–Kier alpha value is -1.07. The molecular weight excluding hydrogens is 372 g/mol. The second-order valence-electron chi connectivity index (χ2n) is 3.46. The molecule has 8 heteroatoms. The molecule has 0 aliphatic rings. The lowest BCUT2D eigenvalue weighted by Crippen LogP contribution is -2.11. The first-order valence-electron chi connectivity index (χ1n) is 4.90. The molecule has 4 nitrogen and oxygen atoms in total. The topological polar surface area (TPSA) is 70.0 Å². The summed E-state index contributed by atoms with van der Waals surface area (Å²) in [6.07, 6.45) is 0. The highest BCUT2D eigenvalue weighted by atomic mass is 79.9. The van der Waals surface area contributed by atoms with Crippen LogP contribution in [0.15, 0.2) is 39.0 Å². The van der Waals surface area contributed by atoms with E-state index in [4.69, 9.17) is 16.9 Å². The van der Waals surface area contributed by atoms with Crippen LogP contribution in [0.2, 0.25) is 5.02 Å². The Morgan fingerprint density at radius 1 is 1.32 bits per heavy atom. The van der Waals surface area contributed by atoms with Crippen molar-refractivity contribution in [3.05, 3.63) is 44.7 Å². The molecule has 2 aromatic rings. The Bertz CT molecular complexity index is 765. The van der Waals surface area contributed by atoms with E-state index >= 15 is 0 Å². The van der Waals surface area contributed by atoms with Gasteiger partial charge in [-0.25, -0.2) is 8.42 Å². The summed E-state index contributed by atoms with van der Waals surface area (Å²) in [5.74, 6) is 0. The first-order valence-corrected chi connectivity index (χ1v) is 8.37. The fourth-order valence-corrected chi connectivity index (χ4v) is 3.94.